The van der Waals surface area contributed by atoms with Crippen molar-refractivity contribution in [2.24, 2.45) is 0 Å². The molecule has 4 aliphatic rings. The van der Waals surface area contributed by atoms with Gasteiger partial charge in [0, 0.05) is 82.1 Å². The maximum Gasteiger partial charge on any atom is 0.178 e. The molecule has 1 unspecified atom stereocenters. The molecular formula is C53H54N2O4S2. The summed E-state index contributed by atoms with van der Waals surface area (Å²) in [6.45, 7) is 5.51. The number of piperidine rings is 1. The van der Waals surface area contributed by atoms with E-state index in [4.69, 9.17) is 18.9 Å². The second-order valence-corrected chi connectivity index (χ2v) is 18.5. The summed E-state index contributed by atoms with van der Waals surface area (Å²) in [6.07, 6.45) is 13.0. The summed E-state index contributed by atoms with van der Waals surface area (Å²) in [4.78, 5) is 4.92. The summed E-state index contributed by atoms with van der Waals surface area (Å²) >= 11 is 3.85. The molecule has 6 aromatic carbocycles. The van der Waals surface area contributed by atoms with Crippen LogP contribution in [0.1, 0.15) is 47.1 Å². The lowest BCUT2D eigenvalue weighted by atomic mass is 9.76. The normalized spacial score (nSPS) is 19.0. The molecule has 6 nitrogen and oxygen atoms in total. The molecular weight excluding hydrogens is 793 g/mol. The van der Waals surface area contributed by atoms with Crippen molar-refractivity contribution in [1.82, 2.24) is 0 Å². The van der Waals surface area contributed by atoms with E-state index in [0.29, 0.717) is 0 Å². The van der Waals surface area contributed by atoms with Gasteiger partial charge in [0.2, 0.25) is 0 Å². The highest BCUT2D eigenvalue weighted by Gasteiger charge is 2.48. The van der Waals surface area contributed by atoms with Crippen LogP contribution in [-0.4, -0.2) is 77.6 Å². The van der Waals surface area contributed by atoms with E-state index >= 15 is 0 Å². The Kier molecular flexibility index (Phi) is 11.0. The van der Waals surface area contributed by atoms with Gasteiger partial charge in [-0.05, 0) is 120 Å². The third-order valence-corrected chi connectivity index (χ3v) is 15.0. The van der Waals surface area contributed by atoms with Crippen LogP contribution in [0, 0.1) is 0 Å². The van der Waals surface area contributed by atoms with Gasteiger partial charge in [-0.2, -0.15) is 23.5 Å². The van der Waals surface area contributed by atoms with Gasteiger partial charge in [-0.1, -0.05) is 66.7 Å². The van der Waals surface area contributed by atoms with Crippen molar-refractivity contribution in [2.75, 3.05) is 87.4 Å². The highest BCUT2D eigenvalue weighted by atomic mass is 32.2. The highest BCUT2D eigenvalue weighted by molar-refractivity contribution is 7.99. The van der Waals surface area contributed by atoms with Gasteiger partial charge in [0.25, 0.3) is 0 Å². The van der Waals surface area contributed by atoms with Crippen LogP contribution in [0.2, 0.25) is 0 Å². The molecule has 2 fully saturated rings. The predicted octanol–water partition coefficient (Wildman–Crippen LogP) is 11.7. The second kappa shape index (κ2) is 16.7. The van der Waals surface area contributed by atoms with Crippen LogP contribution >= 0.6 is 23.5 Å². The van der Waals surface area contributed by atoms with Crippen LogP contribution in [0.3, 0.4) is 0 Å². The SMILES string of the molecule is COc1ccc(C2(c3ccc(N4CCCCC4)cc3)C=Cc3c4c(c5cc(-c6ccc(N7CCOCC7)cc6)c(OC)cc5c3O2)-c2ccccc2C4(CSC)CSC)cc1. The lowest BCUT2D eigenvalue weighted by molar-refractivity contribution is 0.122. The van der Waals surface area contributed by atoms with Crippen LogP contribution in [0.4, 0.5) is 11.4 Å². The number of nitrogens with zero attached hydrogens (tertiary/aromatic N) is 2. The molecule has 312 valence electrons. The van der Waals surface area contributed by atoms with Crippen molar-refractivity contribution in [2.45, 2.75) is 30.3 Å². The maximum atomic E-state index is 7.84. The summed E-state index contributed by atoms with van der Waals surface area (Å²) in [7, 11) is 3.51. The predicted molar refractivity (Wildman–Crippen MR) is 258 cm³/mol. The molecule has 10 rings (SSSR count). The number of morpholine rings is 1. The van der Waals surface area contributed by atoms with Crippen LogP contribution in [0.15, 0.2) is 115 Å². The van der Waals surface area contributed by atoms with Gasteiger partial charge in [0.1, 0.15) is 17.2 Å². The minimum atomic E-state index is -0.908. The van der Waals surface area contributed by atoms with Crippen LogP contribution < -0.4 is 24.0 Å². The first-order chi connectivity index (χ1) is 30.0. The van der Waals surface area contributed by atoms with Crippen LogP contribution in [-0.2, 0) is 15.8 Å². The van der Waals surface area contributed by atoms with Crippen molar-refractivity contribution in [3.8, 4) is 39.5 Å². The largest absolute Gasteiger partial charge is 0.497 e. The molecule has 6 aromatic rings. The monoisotopic (exact) mass is 846 g/mol. The van der Waals surface area contributed by atoms with E-state index in [-0.39, 0.29) is 5.41 Å². The maximum absolute atomic E-state index is 7.84. The highest BCUT2D eigenvalue weighted by Crippen LogP contribution is 2.60. The zero-order valence-corrected chi connectivity index (χ0v) is 37.3. The number of thioether (sulfide) groups is 2. The van der Waals surface area contributed by atoms with Crippen molar-refractivity contribution in [1.29, 1.82) is 0 Å². The average molecular weight is 847 g/mol. The molecule has 0 N–H and O–H groups in total. The van der Waals surface area contributed by atoms with E-state index < -0.39 is 5.60 Å². The summed E-state index contributed by atoms with van der Waals surface area (Å²) in [5.74, 6) is 4.43. The van der Waals surface area contributed by atoms with Gasteiger partial charge < -0.3 is 28.7 Å². The van der Waals surface area contributed by atoms with Gasteiger partial charge in [-0.3, -0.25) is 0 Å². The number of hydrogen-bond donors (Lipinski definition) is 0. The lowest BCUT2D eigenvalue weighted by Crippen LogP contribution is -2.36. The van der Waals surface area contributed by atoms with E-state index in [1.165, 1.54) is 58.3 Å². The molecule has 3 heterocycles. The van der Waals surface area contributed by atoms with E-state index in [9.17, 15) is 0 Å². The summed E-state index contributed by atoms with van der Waals surface area (Å²) in [5, 5.41) is 2.23. The van der Waals surface area contributed by atoms with Gasteiger partial charge in [-0.15, -0.1) is 0 Å². The van der Waals surface area contributed by atoms with Crippen LogP contribution in [0.5, 0.6) is 17.2 Å². The Balaban J connectivity index is 1.22. The molecule has 0 bridgehead atoms. The third kappa shape index (κ3) is 6.77. The number of ether oxygens (including phenoxy) is 4. The van der Waals surface area contributed by atoms with Crippen molar-refractivity contribution in [3.63, 3.8) is 0 Å². The van der Waals surface area contributed by atoms with E-state index in [2.05, 4.69) is 132 Å². The molecule has 0 radical (unpaired) electrons. The average Bonchev–Trinajstić information content (AvgIpc) is 3.61. The zero-order chi connectivity index (χ0) is 41.6. The van der Waals surface area contributed by atoms with Crippen molar-refractivity contribution >= 4 is 51.7 Å². The standard InChI is InChI=1S/C53H54N2O4S2/c1-56-41-22-16-38(17-23-41)53(37-14-20-40(21-15-37)54-26-8-5-9-27-54)25-24-43-50-49(42-10-6-7-11-47(42)52(50,34-60-3)35-61-4)45-32-44(48(57-2)33-46(45)51(43)59-53)36-12-18-39(19-13-36)55-28-30-58-31-29-55/h6-7,10-25,32-33H,5,8-9,26-31,34-35H2,1-4H3. The number of hydrogen-bond acceptors (Lipinski definition) is 8. The van der Waals surface area contributed by atoms with E-state index in [1.807, 2.05) is 35.7 Å². The van der Waals surface area contributed by atoms with Crippen LogP contribution in [0.25, 0.3) is 39.1 Å². The number of anilines is 2. The first-order valence-corrected chi connectivity index (χ1v) is 24.4. The van der Waals surface area contributed by atoms with E-state index in [1.54, 1.807) is 14.2 Å². The third-order valence-electron chi connectivity index (χ3n) is 13.4. The first kappa shape index (κ1) is 40.1. The molecule has 2 saturated heterocycles. The molecule has 0 saturated carbocycles. The Morgan fingerprint density at radius 1 is 0.656 bits per heavy atom. The minimum Gasteiger partial charge on any atom is -0.497 e. The van der Waals surface area contributed by atoms with Gasteiger partial charge >= 0.3 is 0 Å². The molecule has 0 aromatic heterocycles. The Hall–Kier alpha value is -5.02. The Morgan fingerprint density at radius 2 is 1.30 bits per heavy atom. The molecule has 8 heteroatoms. The topological polar surface area (TPSA) is 43.4 Å². The lowest BCUT2D eigenvalue weighted by Gasteiger charge is -2.40. The molecule has 1 atom stereocenters. The molecule has 1 aliphatic carbocycles. The molecule has 3 aliphatic heterocycles. The fourth-order valence-electron chi connectivity index (χ4n) is 10.5. The Morgan fingerprint density at radius 3 is 1.95 bits per heavy atom. The van der Waals surface area contributed by atoms with Crippen molar-refractivity contribution in [3.05, 3.63) is 143 Å². The first-order valence-electron chi connectivity index (χ1n) is 21.6. The Bertz CT molecular complexity index is 2570. The quantitative estimate of drug-likeness (QED) is 0.128. The smallest absolute Gasteiger partial charge is 0.178 e. The number of benzene rings is 6. The minimum absolute atomic E-state index is 0.229. The Labute approximate surface area is 369 Å². The molecule has 0 spiro atoms. The van der Waals surface area contributed by atoms with E-state index in [0.717, 1.165) is 101 Å². The fraction of sp³-hybridized carbons (Fsp3) is 0.321. The summed E-state index contributed by atoms with van der Waals surface area (Å²) in [5.41, 5.74) is 12.2. The fourth-order valence-corrected chi connectivity index (χ4v) is 12.4. The zero-order valence-electron chi connectivity index (χ0n) is 35.7. The number of fused-ring (bicyclic) bond motifs is 8. The molecule has 61 heavy (non-hydrogen) atoms. The number of rotatable bonds is 11. The summed E-state index contributed by atoms with van der Waals surface area (Å²) < 4.78 is 25.5. The second-order valence-electron chi connectivity index (χ2n) is 16.7. The van der Waals surface area contributed by atoms with Gasteiger partial charge in [-0.25, -0.2) is 0 Å². The summed E-state index contributed by atoms with van der Waals surface area (Å²) in [6, 6.07) is 40.3. The van der Waals surface area contributed by atoms with Gasteiger partial charge in [0.05, 0.1) is 27.4 Å². The van der Waals surface area contributed by atoms with Crippen molar-refractivity contribution < 1.29 is 18.9 Å². The molecule has 0 amide bonds. The number of methoxy groups -OCH3 is 2. The van der Waals surface area contributed by atoms with Gasteiger partial charge in [0.15, 0.2) is 5.60 Å².